The predicted molar refractivity (Wildman–Crippen MR) is 90.2 cm³/mol. The van der Waals surface area contributed by atoms with Crippen molar-refractivity contribution >= 4 is 23.2 Å². The molecule has 2 N–H and O–H groups in total. The quantitative estimate of drug-likeness (QED) is 0.873. The monoisotopic (exact) mass is 314 g/mol. The molecule has 0 bridgehead atoms. The molecule has 114 valence electrons. The maximum absolute atomic E-state index is 12.7. The molecule has 1 aliphatic carbocycles. The van der Waals surface area contributed by atoms with Gasteiger partial charge in [0, 0.05) is 16.8 Å². The molecule has 2 aromatic carbocycles. The van der Waals surface area contributed by atoms with Crippen LogP contribution in [0.5, 0.6) is 0 Å². The van der Waals surface area contributed by atoms with Crippen molar-refractivity contribution in [3.05, 3.63) is 64.7 Å². The maximum Gasteiger partial charge on any atom is 0.246 e. The lowest BCUT2D eigenvalue weighted by molar-refractivity contribution is -0.118. The molecule has 4 heteroatoms. The lowest BCUT2D eigenvalue weighted by Gasteiger charge is -2.19. The van der Waals surface area contributed by atoms with Gasteiger partial charge in [-0.15, -0.1) is 0 Å². The van der Waals surface area contributed by atoms with E-state index in [0.29, 0.717) is 11.1 Å². The molecule has 1 saturated carbocycles. The Morgan fingerprint density at radius 1 is 1.18 bits per heavy atom. The van der Waals surface area contributed by atoms with Crippen LogP contribution in [0.15, 0.2) is 48.5 Å². The first-order valence-corrected chi connectivity index (χ1v) is 7.89. The molecular weight excluding hydrogens is 296 g/mol. The summed E-state index contributed by atoms with van der Waals surface area (Å²) >= 11 is 6.12. The van der Waals surface area contributed by atoms with Crippen LogP contribution in [0.3, 0.4) is 0 Å². The number of hydrogen-bond donors (Lipinski definition) is 2. The Morgan fingerprint density at radius 2 is 1.91 bits per heavy atom. The fourth-order valence-electron chi connectivity index (χ4n) is 2.34. The maximum atomic E-state index is 12.7. The zero-order valence-corrected chi connectivity index (χ0v) is 13.2. The van der Waals surface area contributed by atoms with Crippen LogP contribution in [0.25, 0.3) is 0 Å². The molecule has 0 spiro atoms. The van der Waals surface area contributed by atoms with E-state index in [1.54, 1.807) is 6.07 Å². The van der Waals surface area contributed by atoms with Gasteiger partial charge in [0.15, 0.2) is 0 Å². The van der Waals surface area contributed by atoms with Gasteiger partial charge < -0.3 is 5.32 Å². The van der Waals surface area contributed by atoms with Crippen LogP contribution in [0.1, 0.15) is 30.0 Å². The van der Waals surface area contributed by atoms with E-state index in [0.717, 1.165) is 29.7 Å². The highest BCUT2D eigenvalue weighted by Gasteiger charge is 2.29. The lowest BCUT2D eigenvalue weighted by Crippen LogP contribution is -2.34. The van der Waals surface area contributed by atoms with E-state index in [1.807, 2.05) is 49.4 Å². The number of carbonyl (C=O) groups is 1. The standard InChI is InChI=1S/C18H19ClN2O/c1-12-7-8-15(11-16(12)19)21-18(22)17(20-14-9-10-14)13-5-3-2-4-6-13/h2-8,11,14,17,20H,9-10H2,1H3,(H,21,22)/t17-/m0/s1. The number of halogens is 1. The summed E-state index contributed by atoms with van der Waals surface area (Å²) < 4.78 is 0. The molecule has 1 fully saturated rings. The van der Waals surface area contributed by atoms with Gasteiger partial charge in [0.05, 0.1) is 0 Å². The van der Waals surface area contributed by atoms with E-state index in [2.05, 4.69) is 10.6 Å². The molecular formula is C18H19ClN2O. The van der Waals surface area contributed by atoms with Crippen molar-refractivity contribution in [1.82, 2.24) is 5.32 Å². The number of anilines is 1. The summed E-state index contributed by atoms with van der Waals surface area (Å²) in [6.45, 7) is 1.94. The summed E-state index contributed by atoms with van der Waals surface area (Å²) in [4.78, 5) is 12.7. The summed E-state index contributed by atoms with van der Waals surface area (Å²) in [5.74, 6) is -0.0574. The van der Waals surface area contributed by atoms with Gasteiger partial charge in [0.2, 0.25) is 5.91 Å². The summed E-state index contributed by atoms with van der Waals surface area (Å²) in [5, 5.41) is 7.02. The Bertz CT molecular complexity index is 668. The van der Waals surface area contributed by atoms with Crippen LogP contribution in [-0.4, -0.2) is 11.9 Å². The smallest absolute Gasteiger partial charge is 0.246 e. The third kappa shape index (κ3) is 3.67. The van der Waals surface area contributed by atoms with Crippen molar-refractivity contribution < 1.29 is 4.79 Å². The van der Waals surface area contributed by atoms with Gasteiger partial charge in [-0.3, -0.25) is 10.1 Å². The second-order valence-electron chi connectivity index (χ2n) is 5.74. The number of amides is 1. The Kier molecular flexibility index (Phi) is 4.46. The van der Waals surface area contributed by atoms with Gasteiger partial charge in [0.1, 0.15) is 6.04 Å². The molecule has 0 aliphatic heterocycles. The average Bonchev–Trinajstić information content (AvgIpc) is 3.33. The fraction of sp³-hybridized carbons (Fsp3) is 0.278. The van der Waals surface area contributed by atoms with Crippen molar-refractivity contribution in [2.45, 2.75) is 31.8 Å². The second-order valence-corrected chi connectivity index (χ2v) is 6.15. The molecule has 1 aliphatic rings. The lowest BCUT2D eigenvalue weighted by atomic mass is 10.1. The zero-order chi connectivity index (χ0) is 15.5. The number of carbonyl (C=O) groups excluding carboxylic acids is 1. The normalized spacial score (nSPS) is 15.4. The molecule has 2 aromatic rings. The SMILES string of the molecule is Cc1ccc(NC(=O)[C@@H](NC2CC2)c2ccccc2)cc1Cl. The predicted octanol–water partition coefficient (Wildman–Crippen LogP) is 4.08. The second kappa shape index (κ2) is 6.51. The summed E-state index contributed by atoms with van der Waals surface area (Å²) in [7, 11) is 0. The molecule has 22 heavy (non-hydrogen) atoms. The van der Waals surface area contributed by atoms with E-state index in [-0.39, 0.29) is 11.9 Å². The van der Waals surface area contributed by atoms with Crippen molar-refractivity contribution in [3.8, 4) is 0 Å². The van der Waals surface area contributed by atoms with Crippen LogP contribution < -0.4 is 10.6 Å². The van der Waals surface area contributed by atoms with Gasteiger partial charge in [-0.2, -0.15) is 0 Å². The third-order valence-electron chi connectivity index (χ3n) is 3.81. The van der Waals surface area contributed by atoms with Crippen molar-refractivity contribution in [2.75, 3.05) is 5.32 Å². The minimum Gasteiger partial charge on any atom is -0.324 e. The topological polar surface area (TPSA) is 41.1 Å². The van der Waals surface area contributed by atoms with Gasteiger partial charge in [-0.1, -0.05) is 48.0 Å². The highest BCUT2D eigenvalue weighted by atomic mass is 35.5. The molecule has 1 amide bonds. The fourth-order valence-corrected chi connectivity index (χ4v) is 2.52. The number of aryl methyl sites for hydroxylation is 1. The first-order chi connectivity index (χ1) is 10.6. The van der Waals surface area contributed by atoms with E-state index in [9.17, 15) is 4.79 Å². The molecule has 0 aromatic heterocycles. The Labute approximate surface area is 135 Å². The molecule has 0 radical (unpaired) electrons. The first-order valence-electron chi connectivity index (χ1n) is 7.51. The van der Waals surface area contributed by atoms with Crippen LogP contribution in [0.2, 0.25) is 5.02 Å². The van der Waals surface area contributed by atoms with Gasteiger partial charge >= 0.3 is 0 Å². The molecule has 1 atom stereocenters. The van der Waals surface area contributed by atoms with Crippen LogP contribution in [-0.2, 0) is 4.79 Å². The van der Waals surface area contributed by atoms with E-state index in [4.69, 9.17) is 11.6 Å². The van der Waals surface area contributed by atoms with Crippen LogP contribution in [0, 0.1) is 6.92 Å². The molecule has 0 heterocycles. The van der Waals surface area contributed by atoms with E-state index < -0.39 is 0 Å². The van der Waals surface area contributed by atoms with Gasteiger partial charge in [-0.05, 0) is 43.0 Å². The van der Waals surface area contributed by atoms with Crippen molar-refractivity contribution in [3.63, 3.8) is 0 Å². The van der Waals surface area contributed by atoms with Crippen LogP contribution >= 0.6 is 11.6 Å². The number of nitrogens with one attached hydrogen (secondary N) is 2. The highest BCUT2D eigenvalue weighted by molar-refractivity contribution is 6.31. The van der Waals surface area contributed by atoms with E-state index >= 15 is 0 Å². The van der Waals surface area contributed by atoms with Crippen LogP contribution in [0.4, 0.5) is 5.69 Å². The minimum absolute atomic E-state index is 0.0574. The third-order valence-corrected chi connectivity index (χ3v) is 4.22. The molecule has 3 rings (SSSR count). The van der Waals surface area contributed by atoms with E-state index in [1.165, 1.54) is 0 Å². The number of rotatable bonds is 5. The van der Waals surface area contributed by atoms with Crippen molar-refractivity contribution in [1.29, 1.82) is 0 Å². The summed E-state index contributed by atoms with van der Waals surface area (Å²) in [5.41, 5.74) is 2.69. The Balaban J connectivity index is 1.78. The van der Waals surface area contributed by atoms with Gasteiger partial charge in [-0.25, -0.2) is 0 Å². The Morgan fingerprint density at radius 3 is 2.55 bits per heavy atom. The Hall–Kier alpha value is -1.84. The zero-order valence-electron chi connectivity index (χ0n) is 12.5. The molecule has 0 unspecified atom stereocenters. The largest absolute Gasteiger partial charge is 0.324 e. The number of hydrogen-bond acceptors (Lipinski definition) is 2. The molecule has 0 saturated heterocycles. The summed E-state index contributed by atoms with van der Waals surface area (Å²) in [6.07, 6.45) is 2.26. The summed E-state index contributed by atoms with van der Waals surface area (Å²) in [6, 6.07) is 15.5. The minimum atomic E-state index is -0.339. The first kappa shape index (κ1) is 15.1. The van der Waals surface area contributed by atoms with Gasteiger partial charge in [0.25, 0.3) is 0 Å². The molecule has 3 nitrogen and oxygen atoms in total. The van der Waals surface area contributed by atoms with Crippen molar-refractivity contribution in [2.24, 2.45) is 0 Å². The number of benzene rings is 2. The highest BCUT2D eigenvalue weighted by Crippen LogP contribution is 2.26. The average molecular weight is 315 g/mol.